The fraction of sp³-hybridized carbons (Fsp3) is 0.0345. The zero-order valence-corrected chi connectivity index (χ0v) is 17.9. The highest BCUT2D eigenvalue weighted by molar-refractivity contribution is 5.96. The third-order valence-electron chi connectivity index (χ3n) is 5.43. The Morgan fingerprint density at radius 3 is 1.70 bits per heavy atom. The van der Waals surface area contributed by atoms with Crippen molar-refractivity contribution in [3.05, 3.63) is 144 Å². The maximum absolute atomic E-state index is 13.6. The number of ether oxygens (including phenoxy) is 1. The molecule has 0 atom stereocenters. The van der Waals surface area contributed by atoms with Crippen molar-refractivity contribution in [3.63, 3.8) is 0 Å². The summed E-state index contributed by atoms with van der Waals surface area (Å²) >= 11 is 0. The van der Waals surface area contributed by atoms with Gasteiger partial charge in [0.1, 0.15) is 11.3 Å². The molecule has 5 aromatic rings. The molecule has 1 aromatic heterocycles. The highest BCUT2D eigenvalue weighted by atomic mass is 16.5. The Labute approximate surface area is 192 Å². The van der Waals surface area contributed by atoms with Crippen LogP contribution in [0.2, 0.25) is 0 Å². The quantitative estimate of drug-likeness (QED) is 0.289. The fourth-order valence-electron chi connectivity index (χ4n) is 3.80. The summed E-state index contributed by atoms with van der Waals surface area (Å²) in [6, 6.07) is 39.0. The van der Waals surface area contributed by atoms with Gasteiger partial charge in [0.25, 0.3) is 0 Å². The summed E-state index contributed by atoms with van der Waals surface area (Å²) in [5.74, 6) is -0.422. The van der Waals surface area contributed by atoms with Gasteiger partial charge in [-0.1, -0.05) is 109 Å². The predicted molar refractivity (Wildman–Crippen MR) is 129 cm³/mol. The van der Waals surface area contributed by atoms with Gasteiger partial charge in [0, 0.05) is 11.8 Å². The molecular formula is C29H22N2O2. The molecule has 0 spiro atoms. The van der Waals surface area contributed by atoms with Crippen LogP contribution < -0.4 is 0 Å². The van der Waals surface area contributed by atoms with Crippen LogP contribution >= 0.6 is 0 Å². The van der Waals surface area contributed by atoms with E-state index < -0.39 is 12.1 Å². The first-order valence-corrected chi connectivity index (χ1v) is 10.8. The van der Waals surface area contributed by atoms with Crippen molar-refractivity contribution in [1.82, 2.24) is 9.78 Å². The Bertz CT molecular complexity index is 1290. The molecule has 0 N–H and O–H groups in total. The molecule has 0 aliphatic carbocycles. The molecule has 160 valence electrons. The first kappa shape index (κ1) is 20.5. The minimum atomic E-state index is -0.524. The predicted octanol–water partition coefficient (Wildman–Crippen LogP) is 6.49. The van der Waals surface area contributed by atoms with Crippen molar-refractivity contribution in [2.45, 2.75) is 6.10 Å². The Kier molecular flexibility index (Phi) is 5.81. The topological polar surface area (TPSA) is 44.1 Å². The van der Waals surface area contributed by atoms with Gasteiger partial charge in [-0.25, -0.2) is 9.48 Å². The molecule has 1 heterocycles. The molecule has 0 saturated heterocycles. The molecule has 0 aliphatic heterocycles. The Morgan fingerprint density at radius 1 is 0.667 bits per heavy atom. The van der Waals surface area contributed by atoms with E-state index in [1.54, 1.807) is 10.9 Å². The van der Waals surface area contributed by atoms with Crippen LogP contribution in [-0.4, -0.2) is 15.7 Å². The second-order valence-electron chi connectivity index (χ2n) is 7.64. The molecule has 5 rings (SSSR count). The number of esters is 1. The molecule has 0 radical (unpaired) electrons. The number of benzene rings is 4. The lowest BCUT2D eigenvalue weighted by atomic mass is 10.0. The minimum Gasteiger partial charge on any atom is -0.449 e. The lowest BCUT2D eigenvalue weighted by Crippen LogP contribution is -2.13. The van der Waals surface area contributed by atoms with Crippen molar-refractivity contribution in [1.29, 1.82) is 0 Å². The normalized spacial score (nSPS) is 10.8. The first-order chi connectivity index (χ1) is 16.3. The smallest absolute Gasteiger partial charge is 0.342 e. The number of aromatic nitrogens is 2. The van der Waals surface area contributed by atoms with Crippen LogP contribution in [0.5, 0.6) is 0 Å². The average Bonchev–Trinajstić information content (AvgIpc) is 3.35. The zero-order valence-electron chi connectivity index (χ0n) is 17.9. The minimum absolute atomic E-state index is 0.418. The molecule has 4 heteroatoms. The highest BCUT2D eigenvalue weighted by Crippen LogP contribution is 2.30. The third-order valence-corrected chi connectivity index (χ3v) is 5.43. The average molecular weight is 431 g/mol. The van der Waals surface area contributed by atoms with E-state index in [9.17, 15) is 4.79 Å². The van der Waals surface area contributed by atoms with Crippen LogP contribution in [0.25, 0.3) is 16.9 Å². The Hall–Kier alpha value is -4.44. The SMILES string of the molecule is O=C(OC(c1ccccc1)c1ccccc1)c1cn(-c2ccccc2)nc1-c1ccccc1. The molecule has 4 nitrogen and oxygen atoms in total. The van der Waals surface area contributed by atoms with Gasteiger partial charge in [-0.3, -0.25) is 0 Å². The number of nitrogens with zero attached hydrogens (tertiary/aromatic N) is 2. The van der Waals surface area contributed by atoms with E-state index in [1.807, 2.05) is 121 Å². The van der Waals surface area contributed by atoms with E-state index in [0.29, 0.717) is 11.3 Å². The Morgan fingerprint density at radius 2 is 1.15 bits per heavy atom. The summed E-state index contributed by atoms with van der Waals surface area (Å²) in [6.45, 7) is 0. The number of para-hydroxylation sites is 1. The summed E-state index contributed by atoms with van der Waals surface area (Å²) in [7, 11) is 0. The second kappa shape index (κ2) is 9.37. The Balaban J connectivity index is 1.56. The van der Waals surface area contributed by atoms with Crippen LogP contribution in [0, 0.1) is 0 Å². The lowest BCUT2D eigenvalue weighted by molar-refractivity contribution is 0.0379. The van der Waals surface area contributed by atoms with E-state index in [-0.39, 0.29) is 0 Å². The van der Waals surface area contributed by atoms with Crippen LogP contribution in [0.4, 0.5) is 0 Å². The highest BCUT2D eigenvalue weighted by Gasteiger charge is 2.25. The molecule has 33 heavy (non-hydrogen) atoms. The van der Waals surface area contributed by atoms with Crippen molar-refractivity contribution >= 4 is 5.97 Å². The summed E-state index contributed by atoms with van der Waals surface area (Å²) < 4.78 is 7.85. The van der Waals surface area contributed by atoms with Gasteiger partial charge in [-0.2, -0.15) is 5.10 Å². The van der Waals surface area contributed by atoms with Gasteiger partial charge in [0.05, 0.1) is 5.69 Å². The fourth-order valence-corrected chi connectivity index (χ4v) is 3.80. The van der Waals surface area contributed by atoms with Crippen LogP contribution in [0.1, 0.15) is 27.6 Å². The number of carbonyl (C=O) groups excluding carboxylic acids is 1. The van der Waals surface area contributed by atoms with E-state index in [0.717, 1.165) is 22.4 Å². The van der Waals surface area contributed by atoms with Gasteiger partial charge >= 0.3 is 5.97 Å². The summed E-state index contributed by atoms with van der Waals surface area (Å²) in [5.41, 5.74) is 4.56. The largest absolute Gasteiger partial charge is 0.449 e. The zero-order chi connectivity index (χ0) is 22.5. The molecule has 0 fully saturated rings. The van der Waals surface area contributed by atoms with Gasteiger partial charge < -0.3 is 4.74 Å². The second-order valence-corrected chi connectivity index (χ2v) is 7.64. The molecule has 0 aliphatic rings. The molecule has 0 bridgehead atoms. The molecule has 0 unspecified atom stereocenters. The first-order valence-electron chi connectivity index (χ1n) is 10.8. The van der Waals surface area contributed by atoms with Gasteiger partial charge in [-0.15, -0.1) is 0 Å². The van der Waals surface area contributed by atoms with Crippen molar-refractivity contribution in [2.24, 2.45) is 0 Å². The van der Waals surface area contributed by atoms with Crippen molar-refractivity contribution in [2.75, 3.05) is 0 Å². The molecular weight excluding hydrogens is 408 g/mol. The third kappa shape index (κ3) is 4.46. The monoisotopic (exact) mass is 430 g/mol. The maximum atomic E-state index is 13.6. The maximum Gasteiger partial charge on any atom is 0.342 e. The van der Waals surface area contributed by atoms with Crippen molar-refractivity contribution < 1.29 is 9.53 Å². The van der Waals surface area contributed by atoms with E-state index >= 15 is 0 Å². The number of hydrogen-bond acceptors (Lipinski definition) is 3. The van der Waals surface area contributed by atoms with Gasteiger partial charge in [0.2, 0.25) is 0 Å². The number of carbonyl (C=O) groups is 1. The van der Waals surface area contributed by atoms with Crippen molar-refractivity contribution in [3.8, 4) is 16.9 Å². The van der Waals surface area contributed by atoms with Crippen LogP contribution in [0.15, 0.2) is 128 Å². The molecule has 4 aromatic carbocycles. The van der Waals surface area contributed by atoms with Gasteiger partial charge in [-0.05, 0) is 23.3 Å². The summed E-state index contributed by atoms with van der Waals surface area (Å²) in [6.07, 6.45) is 1.22. The van der Waals surface area contributed by atoms with Crippen LogP contribution in [-0.2, 0) is 4.74 Å². The van der Waals surface area contributed by atoms with Crippen LogP contribution in [0.3, 0.4) is 0 Å². The van der Waals surface area contributed by atoms with E-state index in [2.05, 4.69) is 0 Å². The summed E-state index contributed by atoms with van der Waals surface area (Å²) in [4.78, 5) is 13.6. The number of hydrogen-bond donors (Lipinski definition) is 0. The molecule has 0 amide bonds. The van der Waals surface area contributed by atoms with Gasteiger partial charge in [0.15, 0.2) is 6.10 Å². The lowest BCUT2D eigenvalue weighted by Gasteiger charge is -2.19. The number of rotatable bonds is 6. The van der Waals surface area contributed by atoms with E-state index in [4.69, 9.17) is 9.84 Å². The van der Waals surface area contributed by atoms with E-state index in [1.165, 1.54) is 0 Å². The molecule has 0 saturated carbocycles. The summed E-state index contributed by atoms with van der Waals surface area (Å²) in [5, 5.41) is 4.74. The standard InChI is InChI=1S/C29H22N2O2/c32-29(33-28(23-15-7-2-8-16-23)24-17-9-3-10-18-24)26-21-31(25-19-11-4-12-20-25)30-27(26)22-13-5-1-6-14-22/h1-21,28H.